The molecular weight excluding hydrogens is 542 g/mol. The number of nitrogens with one attached hydrogen (secondary N) is 1. The van der Waals surface area contributed by atoms with Gasteiger partial charge in [-0.25, -0.2) is 9.97 Å². The van der Waals surface area contributed by atoms with E-state index in [2.05, 4.69) is 25.3 Å². The van der Waals surface area contributed by atoms with Crippen molar-refractivity contribution >= 4 is 29.0 Å². The molecule has 0 aliphatic carbocycles. The minimum atomic E-state index is -0.0978. The molecule has 11 heteroatoms. The van der Waals surface area contributed by atoms with Gasteiger partial charge in [-0.15, -0.1) is 0 Å². The van der Waals surface area contributed by atoms with Crippen LogP contribution in [0.4, 0.5) is 11.5 Å². The van der Waals surface area contributed by atoms with E-state index in [1.165, 1.54) is 6.20 Å². The fraction of sp³-hybridized carbons (Fsp3) is 0.333. The first-order valence-electron chi connectivity index (χ1n) is 13.8. The normalized spacial score (nSPS) is 17.3. The van der Waals surface area contributed by atoms with Crippen molar-refractivity contribution in [2.24, 2.45) is 0 Å². The van der Waals surface area contributed by atoms with Gasteiger partial charge in [0.1, 0.15) is 23.1 Å². The van der Waals surface area contributed by atoms with Gasteiger partial charge in [0, 0.05) is 80.4 Å². The monoisotopic (exact) mass is 573 g/mol. The summed E-state index contributed by atoms with van der Waals surface area (Å²) < 4.78 is 11.1. The predicted octanol–water partition coefficient (Wildman–Crippen LogP) is 5.04. The van der Waals surface area contributed by atoms with E-state index in [1.54, 1.807) is 12.1 Å². The zero-order valence-corrected chi connectivity index (χ0v) is 23.6. The quantitative estimate of drug-likeness (QED) is 0.311. The first-order valence-corrected chi connectivity index (χ1v) is 14.2. The first kappa shape index (κ1) is 27.0. The molecule has 212 valence electrons. The number of hydrogen-bond donors (Lipinski definition) is 1. The molecule has 1 saturated heterocycles. The Morgan fingerprint density at radius 2 is 1.85 bits per heavy atom. The van der Waals surface area contributed by atoms with Gasteiger partial charge in [0.05, 0.1) is 12.2 Å². The molecule has 1 amide bonds. The Morgan fingerprint density at radius 1 is 1.05 bits per heavy atom. The minimum Gasteiger partial charge on any atom is -0.457 e. The van der Waals surface area contributed by atoms with E-state index < -0.39 is 0 Å². The van der Waals surface area contributed by atoms with Crippen LogP contribution in [0.2, 0.25) is 5.02 Å². The second-order valence-corrected chi connectivity index (χ2v) is 10.7. The van der Waals surface area contributed by atoms with Gasteiger partial charge in [-0.05, 0) is 43.7 Å². The van der Waals surface area contributed by atoms with E-state index >= 15 is 0 Å². The third-order valence-corrected chi connectivity index (χ3v) is 7.72. The summed E-state index contributed by atoms with van der Waals surface area (Å²) in [6.07, 6.45) is 4.36. The summed E-state index contributed by atoms with van der Waals surface area (Å²) in [6.45, 7) is 7.54. The van der Waals surface area contributed by atoms with Gasteiger partial charge in [0.25, 0.3) is 5.91 Å². The summed E-state index contributed by atoms with van der Waals surface area (Å²) in [6, 6.07) is 17.0. The number of ether oxygens (including phenoxy) is 1. The molecule has 4 heterocycles. The standard InChI is InChI=1S/C30H32ClN7O3/c1-21-32-20-26-27(35-23-5-3-7-25(19-23)40-24-6-2-4-22(31)18-24)9-11-37(29(26)34-21)15-12-36-13-16-38(17-14-36)30(39)28-8-10-33-41-28/h2-8,10,18-20,27,35H,9,11-17H2,1H3. The molecule has 0 radical (unpaired) electrons. The molecule has 41 heavy (non-hydrogen) atoms. The van der Waals surface area contributed by atoms with Crippen LogP contribution in [0.25, 0.3) is 0 Å². The number of amides is 1. The van der Waals surface area contributed by atoms with Gasteiger partial charge < -0.3 is 24.4 Å². The summed E-state index contributed by atoms with van der Waals surface area (Å²) in [7, 11) is 0. The largest absolute Gasteiger partial charge is 0.457 e. The molecule has 2 aromatic heterocycles. The molecule has 2 aliphatic heterocycles. The van der Waals surface area contributed by atoms with Crippen molar-refractivity contribution in [2.75, 3.05) is 56.0 Å². The van der Waals surface area contributed by atoms with Crippen molar-refractivity contribution < 1.29 is 14.1 Å². The molecule has 4 aromatic rings. The second-order valence-electron chi connectivity index (χ2n) is 10.3. The van der Waals surface area contributed by atoms with Gasteiger partial charge in [-0.1, -0.05) is 28.9 Å². The fourth-order valence-electron chi connectivity index (χ4n) is 5.32. The van der Waals surface area contributed by atoms with E-state index in [0.717, 1.165) is 67.8 Å². The van der Waals surface area contributed by atoms with Crippen molar-refractivity contribution in [3.63, 3.8) is 0 Å². The van der Waals surface area contributed by atoms with Crippen LogP contribution in [0.15, 0.2) is 71.5 Å². The lowest BCUT2D eigenvalue weighted by molar-refractivity contribution is 0.0600. The van der Waals surface area contributed by atoms with E-state index in [9.17, 15) is 4.79 Å². The Morgan fingerprint density at radius 3 is 2.63 bits per heavy atom. The first-order chi connectivity index (χ1) is 20.0. The van der Waals surface area contributed by atoms with Crippen LogP contribution in [-0.2, 0) is 0 Å². The topological polar surface area (TPSA) is 99.9 Å². The lowest BCUT2D eigenvalue weighted by Gasteiger charge is -2.38. The zero-order chi connectivity index (χ0) is 28.2. The number of aromatic nitrogens is 3. The Labute approximate surface area is 243 Å². The average molecular weight is 574 g/mol. The number of carbonyl (C=O) groups is 1. The lowest BCUT2D eigenvalue weighted by atomic mass is 10.00. The number of hydrogen-bond acceptors (Lipinski definition) is 9. The molecule has 2 aliphatic rings. The number of fused-ring (bicyclic) bond motifs is 1. The van der Waals surface area contributed by atoms with Crippen molar-refractivity contribution in [2.45, 2.75) is 19.4 Å². The van der Waals surface area contributed by atoms with Crippen molar-refractivity contribution in [3.8, 4) is 11.5 Å². The Bertz CT molecular complexity index is 1490. The zero-order valence-electron chi connectivity index (χ0n) is 22.9. The van der Waals surface area contributed by atoms with Crippen LogP contribution < -0.4 is 15.0 Å². The van der Waals surface area contributed by atoms with Crippen molar-refractivity contribution in [1.82, 2.24) is 24.9 Å². The highest BCUT2D eigenvalue weighted by atomic mass is 35.5. The van der Waals surface area contributed by atoms with Crippen LogP contribution in [-0.4, -0.2) is 76.6 Å². The molecule has 2 aromatic carbocycles. The van der Waals surface area contributed by atoms with Crippen molar-refractivity contribution in [3.05, 3.63) is 89.2 Å². The summed E-state index contributed by atoms with van der Waals surface area (Å²) >= 11 is 6.11. The van der Waals surface area contributed by atoms with Gasteiger partial charge in [-0.2, -0.15) is 0 Å². The third-order valence-electron chi connectivity index (χ3n) is 7.48. The Balaban J connectivity index is 1.08. The predicted molar refractivity (Wildman–Crippen MR) is 157 cm³/mol. The van der Waals surface area contributed by atoms with Crippen LogP contribution in [0.1, 0.15) is 34.4 Å². The molecule has 0 spiro atoms. The van der Waals surface area contributed by atoms with Gasteiger partial charge in [0.2, 0.25) is 5.76 Å². The van der Waals surface area contributed by atoms with E-state index in [0.29, 0.717) is 29.6 Å². The smallest absolute Gasteiger partial charge is 0.292 e. The highest BCUT2D eigenvalue weighted by Crippen LogP contribution is 2.35. The van der Waals surface area contributed by atoms with Crippen LogP contribution in [0.3, 0.4) is 0 Å². The van der Waals surface area contributed by atoms with Crippen LogP contribution in [0, 0.1) is 6.92 Å². The van der Waals surface area contributed by atoms with E-state index in [1.807, 2.05) is 60.5 Å². The number of piperazine rings is 1. The summed E-state index contributed by atoms with van der Waals surface area (Å²) in [5.74, 6) is 3.36. The van der Waals surface area contributed by atoms with E-state index in [4.69, 9.17) is 25.8 Å². The molecule has 1 fully saturated rings. The molecule has 1 N–H and O–H groups in total. The number of carbonyl (C=O) groups excluding carboxylic acids is 1. The SMILES string of the molecule is Cc1ncc2c(n1)N(CCN1CCN(C(=O)c3ccno3)CC1)CCC2Nc1cccc(Oc2cccc(Cl)c2)c1. The third kappa shape index (κ3) is 6.44. The van der Waals surface area contributed by atoms with Gasteiger partial charge in [0.15, 0.2) is 0 Å². The van der Waals surface area contributed by atoms with Crippen molar-refractivity contribution in [1.29, 1.82) is 0 Å². The van der Waals surface area contributed by atoms with Gasteiger partial charge >= 0.3 is 0 Å². The molecular formula is C30H32ClN7O3. The molecule has 10 nitrogen and oxygen atoms in total. The highest BCUT2D eigenvalue weighted by Gasteiger charge is 2.29. The molecule has 0 saturated carbocycles. The fourth-order valence-corrected chi connectivity index (χ4v) is 5.50. The minimum absolute atomic E-state index is 0.0777. The number of anilines is 2. The molecule has 0 bridgehead atoms. The number of rotatable bonds is 8. The Hall–Kier alpha value is -4.15. The Kier molecular flexibility index (Phi) is 8.02. The average Bonchev–Trinajstić information content (AvgIpc) is 3.52. The number of aryl methyl sites for hydroxylation is 1. The van der Waals surface area contributed by atoms with Gasteiger partial charge in [-0.3, -0.25) is 9.69 Å². The molecule has 1 unspecified atom stereocenters. The maximum atomic E-state index is 12.6. The highest BCUT2D eigenvalue weighted by molar-refractivity contribution is 6.30. The number of benzene rings is 2. The van der Waals surface area contributed by atoms with E-state index in [-0.39, 0.29) is 11.9 Å². The summed E-state index contributed by atoms with van der Waals surface area (Å²) in [5.41, 5.74) is 2.05. The molecule has 1 atom stereocenters. The second kappa shape index (κ2) is 12.2. The van der Waals surface area contributed by atoms with Crippen LogP contribution >= 0.6 is 11.6 Å². The molecule has 6 rings (SSSR count). The van der Waals surface area contributed by atoms with Crippen LogP contribution in [0.5, 0.6) is 11.5 Å². The number of nitrogens with zero attached hydrogens (tertiary/aromatic N) is 6. The number of halogens is 1. The maximum Gasteiger partial charge on any atom is 0.292 e. The lowest BCUT2D eigenvalue weighted by Crippen LogP contribution is -2.50. The summed E-state index contributed by atoms with van der Waals surface area (Å²) in [4.78, 5) is 28.5. The maximum absolute atomic E-state index is 12.6. The summed E-state index contributed by atoms with van der Waals surface area (Å²) in [5, 5.41) is 7.96.